The Kier molecular flexibility index (Phi) is 3.48. The van der Waals surface area contributed by atoms with Crippen LogP contribution in [0.15, 0.2) is 48.5 Å². The monoisotopic (exact) mass is 278 g/mol. The number of nitrogens with zero attached hydrogens (tertiary/aromatic N) is 1. The number of nitrogen functional groups attached to an aromatic ring is 1. The van der Waals surface area contributed by atoms with Crippen molar-refractivity contribution in [3.05, 3.63) is 54.1 Å². The van der Waals surface area contributed by atoms with Crippen LogP contribution in [0.2, 0.25) is 0 Å². The van der Waals surface area contributed by atoms with Crippen molar-refractivity contribution < 1.29 is 4.74 Å². The Labute approximate surface area is 124 Å². The zero-order chi connectivity index (χ0) is 14.8. The molecule has 0 aliphatic heterocycles. The number of fused-ring (bicyclic) bond motifs is 1. The molecule has 0 aliphatic carbocycles. The lowest BCUT2D eigenvalue weighted by Gasteiger charge is -2.11. The topological polar surface area (TPSA) is 48.1 Å². The fourth-order valence-electron chi connectivity index (χ4n) is 2.36. The molecule has 0 unspecified atom stereocenters. The largest absolute Gasteiger partial charge is 0.493 e. The van der Waals surface area contributed by atoms with E-state index in [0.717, 1.165) is 27.9 Å². The molecule has 0 bridgehead atoms. The van der Waals surface area contributed by atoms with E-state index in [1.807, 2.05) is 31.2 Å². The quantitative estimate of drug-likeness (QED) is 0.731. The number of pyridine rings is 1. The summed E-state index contributed by atoms with van der Waals surface area (Å²) in [5.41, 5.74) is 10.7. The van der Waals surface area contributed by atoms with Crippen molar-refractivity contribution in [2.45, 2.75) is 13.8 Å². The molecule has 3 rings (SSSR count). The second-order valence-electron chi connectivity index (χ2n) is 5.08. The predicted molar refractivity (Wildman–Crippen MR) is 87.5 cm³/mol. The van der Waals surface area contributed by atoms with Crippen molar-refractivity contribution >= 4 is 16.6 Å². The highest BCUT2D eigenvalue weighted by Crippen LogP contribution is 2.31. The minimum absolute atomic E-state index is 0.612. The normalized spacial score (nSPS) is 10.8. The van der Waals surface area contributed by atoms with Gasteiger partial charge >= 0.3 is 0 Å². The third kappa shape index (κ3) is 2.68. The van der Waals surface area contributed by atoms with Gasteiger partial charge in [0.05, 0.1) is 17.8 Å². The fraction of sp³-hybridized carbons (Fsp3) is 0.167. The summed E-state index contributed by atoms with van der Waals surface area (Å²) < 4.78 is 5.76. The van der Waals surface area contributed by atoms with Crippen molar-refractivity contribution in [2.24, 2.45) is 0 Å². The standard InChI is InChI=1S/C18H18N2O/c1-3-21-18-11-17(13-6-4-12(2)5-7-13)20-16-9-8-14(19)10-15(16)18/h4-11H,3,19H2,1-2H3. The molecule has 3 heteroatoms. The SMILES string of the molecule is CCOc1cc(-c2ccc(C)cc2)nc2ccc(N)cc12. The molecule has 3 nitrogen and oxygen atoms in total. The number of anilines is 1. The van der Waals surface area contributed by atoms with E-state index in [1.54, 1.807) is 0 Å². The number of nitrogens with two attached hydrogens (primary N) is 1. The summed E-state index contributed by atoms with van der Waals surface area (Å²) in [5.74, 6) is 0.824. The second kappa shape index (κ2) is 5.44. The summed E-state index contributed by atoms with van der Waals surface area (Å²) in [5, 5.41) is 0.952. The lowest BCUT2D eigenvalue weighted by Crippen LogP contribution is -1.96. The average molecular weight is 278 g/mol. The lowest BCUT2D eigenvalue weighted by atomic mass is 10.1. The van der Waals surface area contributed by atoms with Gasteiger partial charge in [0.15, 0.2) is 0 Å². The molecule has 0 saturated carbocycles. The van der Waals surface area contributed by atoms with E-state index in [0.29, 0.717) is 12.3 Å². The van der Waals surface area contributed by atoms with Crippen LogP contribution >= 0.6 is 0 Å². The van der Waals surface area contributed by atoms with E-state index >= 15 is 0 Å². The highest BCUT2D eigenvalue weighted by Gasteiger charge is 2.09. The van der Waals surface area contributed by atoms with E-state index in [-0.39, 0.29) is 0 Å². The summed E-state index contributed by atoms with van der Waals surface area (Å²) in [6, 6.07) is 16.0. The second-order valence-corrected chi connectivity index (χ2v) is 5.08. The van der Waals surface area contributed by atoms with Gasteiger partial charge in [-0.3, -0.25) is 0 Å². The first kappa shape index (κ1) is 13.4. The molecule has 0 spiro atoms. The van der Waals surface area contributed by atoms with Crippen molar-refractivity contribution in [1.82, 2.24) is 4.98 Å². The molecule has 0 fully saturated rings. The predicted octanol–water partition coefficient (Wildman–Crippen LogP) is 4.19. The molecule has 2 N–H and O–H groups in total. The van der Waals surface area contributed by atoms with E-state index in [2.05, 4.69) is 31.2 Å². The van der Waals surface area contributed by atoms with E-state index < -0.39 is 0 Å². The maximum atomic E-state index is 5.87. The Bertz CT molecular complexity index is 779. The van der Waals surface area contributed by atoms with Gasteiger partial charge in [-0.05, 0) is 32.0 Å². The highest BCUT2D eigenvalue weighted by molar-refractivity contribution is 5.90. The molecular formula is C18H18N2O. The number of aromatic nitrogens is 1. The fourth-order valence-corrected chi connectivity index (χ4v) is 2.36. The van der Waals surface area contributed by atoms with Crippen LogP contribution in [0.1, 0.15) is 12.5 Å². The van der Waals surface area contributed by atoms with E-state index in [4.69, 9.17) is 15.5 Å². The van der Waals surface area contributed by atoms with Gasteiger partial charge < -0.3 is 10.5 Å². The summed E-state index contributed by atoms with van der Waals surface area (Å²) in [4.78, 5) is 4.72. The Hall–Kier alpha value is -2.55. The van der Waals surface area contributed by atoms with Gasteiger partial charge in [0.1, 0.15) is 5.75 Å². The Morgan fingerprint density at radius 1 is 1.05 bits per heavy atom. The van der Waals surface area contributed by atoms with Gasteiger partial charge in [0.25, 0.3) is 0 Å². The summed E-state index contributed by atoms with van der Waals surface area (Å²) in [6.45, 7) is 4.66. The smallest absolute Gasteiger partial charge is 0.130 e. The summed E-state index contributed by atoms with van der Waals surface area (Å²) >= 11 is 0. The van der Waals surface area contributed by atoms with Crippen molar-refractivity contribution in [2.75, 3.05) is 12.3 Å². The van der Waals surface area contributed by atoms with Gasteiger partial charge in [-0.2, -0.15) is 0 Å². The number of aryl methyl sites for hydroxylation is 1. The summed E-state index contributed by atoms with van der Waals surface area (Å²) in [6.07, 6.45) is 0. The lowest BCUT2D eigenvalue weighted by molar-refractivity contribution is 0.344. The molecule has 0 aliphatic rings. The molecule has 106 valence electrons. The van der Waals surface area contributed by atoms with Gasteiger partial charge in [-0.25, -0.2) is 4.98 Å². The van der Waals surface area contributed by atoms with Crippen LogP contribution in [-0.2, 0) is 0 Å². The van der Waals surface area contributed by atoms with Crippen LogP contribution in [0, 0.1) is 6.92 Å². The third-order valence-corrected chi connectivity index (χ3v) is 3.44. The molecule has 0 atom stereocenters. The highest BCUT2D eigenvalue weighted by atomic mass is 16.5. The minimum Gasteiger partial charge on any atom is -0.493 e. The number of ether oxygens (including phenoxy) is 1. The van der Waals surface area contributed by atoms with Crippen LogP contribution < -0.4 is 10.5 Å². The molecule has 1 aromatic heterocycles. The molecule has 1 heterocycles. The molecule has 0 amide bonds. The molecule has 21 heavy (non-hydrogen) atoms. The van der Waals surface area contributed by atoms with Gasteiger partial charge in [0, 0.05) is 22.7 Å². The average Bonchev–Trinajstić information content (AvgIpc) is 2.48. The van der Waals surface area contributed by atoms with Crippen LogP contribution in [0.25, 0.3) is 22.2 Å². The van der Waals surface area contributed by atoms with Crippen molar-refractivity contribution in [1.29, 1.82) is 0 Å². The number of hydrogen-bond donors (Lipinski definition) is 1. The Morgan fingerprint density at radius 2 is 1.81 bits per heavy atom. The molecule has 0 radical (unpaired) electrons. The summed E-state index contributed by atoms with van der Waals surface area (Å²) in [7, 11) is 0. The van der Waals surface area contributed by atoms with Crippen LogP contribution in [-0.4, -0.2) is 11.6 Å². The van der Waals surface area contributed by atoms with Gasteiger partial charge in [-0.15, -0.1) is 0 Å². The zero-order valence-corrected chi connectivity index (χ0v) is 12.3. The Morgan fingerprint density at radius 3 is 2.52 bits per heavy atom. The van der Waals surface area contributed by atoms with Crippen molar-refractivity contribution in [3.8, 4) is 17.0 Å². The first-order valence-electron chi connectivity index (χ1n) is 7.07. The van der Waals surface area contributed by atoms with Gasteiger partial charge in [0.2, 0.25) is 0 Å². The maximum Gasteiger partial charge on any atom is 0.130 e. The maximum absolute atomic E-state index is 5.87. The third-order valence-electron chi connectivity index (χ3n) is 3.44. The first-order valence-corrected chi connectivity index (χ1v) is 7.07. The van der Waals surface area contributed by atoms with Crippen LogP contribution in [0.4, 0.5) is 5.69 Å². The van der Waals surface area contributed by atoms with Crippen molar-refractivity contribution in [3.63, 3.8) is 0 Å². The number of benzene rings is 2. The molecule has 2 aromatic carbocycles. The molecule has 0 saturated heterocycles. The zero-order valence-electron chi connectivity index (χ0n) is 12.3. The van der Waals surface area contributed by atoms with Crippen LogP contribution in [0.5, 0.6) is 5.75 Å². The Balaban J connectivity index is 2.20. The minimum atomic E-state index is 0.612. The van der Waals surface area contributed by atoms with E-state index in [9.17, 15) is 0 Å². The first-order chi connectivity index (χ1) is 10.2. The van der Waals surface area contributed by atoms with Gasteiger partial charge in [-0.1, -0.05) is 29.8 Å². The molecule has 3 aromatic rings. The van der Waals surface area contributed by atoms with E-state index in [1.165, 1.54) is 5.56 Å². The molecular weight excluding hydrogens is 260 g/mol. The van der Waals surface area contributed by atoms with Crippen LogP contribution in [0.3, 0.4) is 0 Å². The number of rotatable bonds is 3. The number of hydrogen-bond acceptors (Lipinski definition) is 3.